The van der Waals surface area contributed by atoms with Gasteiger partial charge in [0.25, 0.3) is 5.91 Å². The van der Waals surface area contributed by atoms with Gasteiger partial charge in [0.05, 0.1) is 17.6 Å². The summed E-state index contributed by atoms with van der Waals surface area (Å²) in [5.41, 5.74) is 4.18. The number of likely N-dealkylation sites (tertiary alicyclic amines) is 1. The first-order valence-electron chi connectivity index (χ1n) is 10.4. The Morgan fingerprint density at radius 1 is 0.967 bits per heavy atom. The van der Waals surface area contributed by atoms with Crippen LogP contribution in [0.1, 0.15) is 29.6 Å². The zero-order valence-corrected chi connectivity index (χ0v) is 17.8. The average Bonchev–Trinajstić information content (AvgIpc) is 3.45. The van der Waals surface area contributed by atoms with Crippen LogP contribution in [-0.4, -0.2) is 46.8 Å². The van der Waals surface area contributed by atoms with Crippen LogP contribution in [0.2, 0.25) is 0 Å². The number of carbonyl (C=O) groups excluding carboxylic acids is 1. The molecule has 0 bridgehead atoms. The van der Waals surface area contributed by atoms with Crippen LogP contribution in [-0.2, 0) is 0 Å². The molecule has 0 atom stereocenters. The molecular formula is C24H27ClN4O. The molecule has 1 amide bonds. The van der Waals surface area contributed by atoms with Crippen molar-refractivity contribution in [2.45, 2.75) is 19.3 Å². The number of benzene rings is 2. The highest BCUT2D eigenvalue weighted by atomic mass is 35.5. The van der Waals surface area contributed by atoms with Crippen molar-refractivity contribution in [3.63, 3.8) is 0 Å². The summed E-state index contributed by atoms with van der Waals surface area (Å²) in [5, 5.41) is 8.00. The van der Waals surface area contributed by atoms with Gasteiger partial charge in [-0.2, -0.15) is 5.10 Å². The van der Waals surface area contributed by atoms with Crippen molar-refractivity contribution in [1.82, 2.24) is 20.0 Å². The Hall–Kier alpha value is -2.63. The van der Waals surface area contributed by atoms with Crippen molar-refractivity contribution < 1.29 is 4.79 Å². The molecule has 5 nitrogen and oxygen atoms in total. The van der Waals surface area contributed by atoms with E-state index in [0.717, 1.165) is 61.5 Å². The Kier molecular flexibility index (Phi) is 5.93. The summed E-state index contributed by atoms with van der Waals surface area (Å²) < 4.78 is 1.90. The average molecular weight is 423 g/mol. The first-order chi connectivity index (χ1) is 14.2. The van der Waals surface area contributed by atoms with Crippen molar-refractivity contribution >= 4 is 18.3 Å². The summed E-state index contributed by atoms with van der Waals surface area (Å²) in [7, 11) is 0. The van der Waals surface area contributed by atoms with Gasteiger partial charge in [0.15, 0.2) is 0 Å². The largest absolute Gasteiger partial charge is 0.339 e. The highest BCUT2D eigenvalue weighted by Crippen LogP contribution is 2.37. The lowest BCUT2D eigenvalue weighted by Crippen LogP contribution is -2.44. The number of amides is 1. The molecule has 0 aliphatic carbocycles. The van der Waals surface area contributed by atoms with Crippen LogP contribution in [0.3, 0.4) is 0 Å². The molecule has 3 heterocycles. The first kappa shape index (κ1) is 20.6. The smallest absolute Gasteiger partial charge is 0.253 e. The van der Waals surface area contributed by atoms with Crippen LogP contribution < -0.4 is 5.32 Å². The van der Waals surface area contributed by atoms with Gasteiger partial charge in [-0.1, -0.05) is 36.4 Å². The fourth-order valence-corrected chi connectivity index (χ4v) is 4.70. The van der Waals surface area contributed by atoms with Crippen molar-refractivity contribution in [1.29, 1.82) is 0 Å². The maximum atomic E-state index is 13.2. The first-order valence-corrected chi connectivity index (χ1v) is 10.4. The molecule has 30 heavy (non-hydrogen) atoms. The molecule has 0 radical (unpaired) electrons. The molecule has 156 valence electrons. The molecule has 1 aromatic heterocycles. The third kappa shape index (κ3) is 3.87. The van der Waals surface area contributed by atoms with E-state index in [-0.39, 0.29) is 18.3 Å². The van der Waals surface area contributed by atoms with Gasteiger partial charge in [-0.15, -0.1) is 12.4 Å². The lowest BCUT2D eigenvalue weighted by Gasteiger charge is -2.39. The fraction of sp³-hybridized carbons (Fsp3) is 0.333. The maximum absolute atomic E-state index is 13.2. The van der Waals surface area contributed by atoms with Crippen molar-refractivity contribution in [3.05, 3.63) is 72.4 Å². The van der Waals surface area contributed by atoms with E-state index in [1.54, 1.807) is 6.20 Å². The second-order valence-corrected chi connectivity index (χ2v) is 8.26. The van der Waals surface area contributed by atoms with E-state index >= 15 is 0 Å². The fourth-order valence-electron chi connectivity index (χ4n) is 4.70. The van der Waals surface area contributed by atoms with Crippen molar-refractivity contribution in [3.8, 4) is 16.9 Å². The molecule has 5 rings (SSSR count). The van der Waals surface area contributed by atoms with Crippen LogP contribution in [0.15, 0.2) is 66.9 Å². The Balaban J connectivity index is 0.00000218. The molecule has 2 aromatic carbocycles. The Labute approximate surface area is 183 Å². The minimum absolute atomic E-state index is 0. The molecule has 2 aliphatic rings. The van der Waals surface area contributed by atoms with Gasteiger partial charge in [-0.25, -0.2) is 4.68 Å². The number of nitrogens with zero attached hydrogens (tertiary/aromatic N) is 3. The zero-order valence-electron chi connectivity index (χ0n) is 17.0. The standard InChI is InChI=1S/C24H26N4O.ClH/c29-23(27-15-11-24(12-16-27)10-14-25-18-24)20-7-4-8-21(17-20)28-22(9-13-26-28)19-5-2-1-3-6-19;/h1-9,13,17,25H,10-12,14-16,18H2;1H. The Bertz CT molecular complexity index is 1000. The highest BCUT2D eigenvalue weighted by molar-refractivity contribution is 5.95. The molecule has 0 unspecified atom stereocenters. The number of hydrogen-bond acceptors (Lipinski definition) is 3. The molecule has 1 spiro atoms. The highest BCUT2D eigenvalue weighted by Gasteiger charge is 2.38. The molecular weight excluding hydrogens is 396 g/mol. The molecule has 2 saturated heterocycles. The minimum atomic E-state index is 0. The van der Waals surface area contributed by atoms with E-state index in [4.69, 9.17) is 0 Å². The topological polar surface area (TPSA) is 50.2 Å². The molecule has 3 aromatic rings. The third-order valence-corrected chi connectivity index (χ3v) is 6.49. The second kappa shape index (κ2) is 8.62. The summed E-state index contributed by atoms with van der Waals surface area (Å²) in [6.07, 6.45) is 5.24. The van der Waals surface area contributed by atoms with Gasteiger partial charge in [0.1, 0.15) is 0 Å². The lowest BCUT2D eigenvalue weighted by atomic mass is 9.78. The zero-order chi connectivity index (χ0) is 19.7. The van der Waals surface area contributed by atoms with Crippen molar-refractivity contribution in [2.75, 3.05) is 26.2 Å². The molecule has 0 saturated carbocycles. The summed E-state index contributed by atoms with van der Waals surface area (Å²) >= 11 is 0. The van der Waals surface area contributed by atoms with Gasteiger partial charge >= 0.3 is 0 Å². The summed E-state index contributed by atoms with van der Waals surface area (Å²) in [5.74, 6) is 0.126. The number of halogens is 1. The number of piperidine rings is 1. The SMILES string of the molecule is Cl.O=C(c1cccc(-n2nccc2-c2ccccc2)c1)N1CCC2(CCNC2)CC1. The Morgan fingerprint density at radius 3 is 2.50 bits per heavy atom. The second-order valence-electron chi connectivity index (χ2n) is 8.26. The summed E-state index contributed by atoms with van der Waals surface area (Å²) in [6.45, 7) is 3.92. The van der Waals surface area contributed by atoms with E-state index in [1.807, 2.05) is 58.1 Å². The maximum Gasteiger partial charge on any atom is 0.253 e. The van der Waals surface area contributed by atoms with Crippen LogP contribution in [0.5, 0.6) is 0 Å². The number of rotatable bonds is 3. The predicted octanol–water partition coefficient (Wildman–Crippen LogP) is 4.18. The predicted molar refractivity (Wildman–Crippen MR) is 121 cm³/mol. The number of nitrogens with one attached hydrogen (secondary N) is 1. The van der Waals surface area contributed by atoms with Gasteiger partial charge in [0.2, 0.25) is 0 Å². The van der Waals surface area contributed by atoms with Crippen LogP contribution >= 0.6 is 12.4 Å². The summed E-state index contributed by atoms with van der Waals surface area (Å²) in [6, 6.07) is 20.0. The Morgan fingerprint density at radius 2 is 1.77 bits per heavy atom. The number of carbonyl (C=O) groups is 1. The third-order valence-electron chi connectivity index (χ3n) is 6.49. The van der Waals surface area contributed by atoms with Crippen LogP contribution in [0.25, 0.3) is 16.9 Å². The van der Waals surface area contributed by atoms with Gasteiger partial charge in [0, 0.05) is 30.8 Å². The molecule has 1 N–H and O–H groups in total. The molecule has 6 heteroatoms. The van der Waals surface area contributed by atoms with Crippen LogP contribution in [0, 0.1) is 5.41 Å². The summed E-state index contributed by atoms with van der Waals surface area (Å²) in [4.78, 5) is 15.2. The van der Waals surface area contributed by atoms with E-state index in [2.05, 4.69) is 22.5 Å². The van der Waals surface area contributed by atoms with E-state index in [1.165, 1.54) is 6.42 Å². The van der Waals surface area contributed by atoms with Gasteiger partial charge < -0.3 is 10.2 Å². The van der Waals surface area contributed by atoms with E-state index < -0.39 is 0 Å². The molecule has 2 fully saturated rings. The quantitative estimate of drug-likeness (QED) is 0.689. The van der Waals surface area contributed by atoms with Gasteiger partial charge in [-0.3, -0.25) is 4.79 Å². The van der Waals surface area contributed by atoms with Gasteiger partial charge in [-0.05, 0) is 55.5 Å². The lowest BCUT2D eigenvalue weighted by molar-refractivity contribution is 0.0607. The number of hydrogen-bond donors (Lipinski definition) is 1. The van der Waals surface area contributed by atoms with E-state index in [0.29, 0.717) is 5.41 Å². The monoisotopic (exact) mass is 422 g/mol. The van der Waals surface area contributed by atoms with E-state index in [9.17, 15) is 4.79 Å². The number of aromatic nitrogens is 2. The normalized spacial score (nSPS) is 17.7. The van der Waals surface area contributed by atoms with Crippen molar-refractivity contribution in [2.24, 2.45) is 5.41 Å². The molecule has 2 aliphatic heterocycles. The van der Waals surface area contributed by atoms with Crippen LogP contribution in [0.4, 0.5) is 0 Å². The minimum Gasteiger partial charge on any atom is -0.339 e.